The molecule has 0 rings (SSSR count). The highest BCUT2D eigenvalue weighted by Gasteiger charge is 2.22. The maximum Gasteiger partial charge on any atom is 0.306 e. The number of nitrogens with zero attached hydrogens (tertiary/aromatic N) is 1. The first kappa shape index (κ1) is 81.9. The molecule has 0 saturated heterocycles. The molecule has 0 aromatic heterocycles. The molecule has 0 radical (unpaired) electrons. The Kier molecular flexibility index (Phi) is 62.2. The lowest BCUT2D eigenvalue weighted by atomic mass is 10.0. The molecule has 0 heterocycles. The molecule has 0 saturated carbocycles. The minimum Gasteiger partial charge on any atom is -0.756 e. The molecule has 86 heavy (non-hydrogen) atoms. The van der Waals surface area contributed by atoms with Crippen LogP contribution in [0.1, 0.15) is 271 Å². The molecule has 0 fully saturated rings. The summed E-state index contributed by atoms with van der Waals surface area (Å²) in [6.07, 6.45) is 96.3. The van der Waals surface area contributed by atoms with Crippen LogP contribution in [0.25, 0.3) is 0 Å². The van der Waals surface area contributed by atoms with Crippen LogP contribution in [0.2, 0.25) is 0 Å². The van der Waals surface area contributed by atoms with Gasteiger partial charge in [-0.2, -0.15) is 0 Å². The van der Waals surface area contributed by atoms with Gasteiger partial charge < -0.3 is 27.9 Å². The van der Waals surface area contributed by atoms with E-state index < -0.39 is 32.5 Å². The van der Waals surface area contributed by atoms with Gasteiger partial charge in [0, 0.05) is 12.8 Å². The number of quaternary nitrogens is 1. The van der Waals surface area contributed by atoms with E-state index in [0.29, 0.717) is 17.4 Å². The van der Waals surface area contributed by atoms with Crippen LogP contribution in [0.15, 0.2) is 146 Å². The number of phosphoric acid groups is 1. The number of hydrogen-bond acceptors (Lipinski definition) is 8. The van der Waals surface area contributed by atoms with Crippen molar-refractivity contribution < 1.29 is 42.1 Å². The molecule has 0 aliphatic rings. The third kappa shape index (κ3) is 69.0. The largest absolute Gasteiger partial charge is 0.756 e. The van der Waals surface area contributed by atoms with Crippen molar-refractivity contribution in [1.29, 1.82) is 0 Å². The molecule has 0 aliphatic carbocycles. The van der Waals surface area contributed by atoms with Crippen molar-refractivity contribution in [3.05, 3.63) is 146 Å². The topological polar surface area (TPSA) is 111 Å². The second kappa shape index (κ2) is 65.3. The molecular formula is C76H128NO8P. The van der Waals surface area contributed by atoms with Crippen LogP contribution in [0.4, 0.5) is 0 Å². The van der Waals surface area contributed by atoms with Crippen molar-refractivity contribution in [1.82, 2.24) is 0 Å². The molecule has 0 bridgehead atoms. The molecule has 2 unspecified atom stereocenters. The number of phosphoric ester groups is 1. The van der Waals surface area contributed by atoms with Gasteiger partial charge in [0.15, 0.2) is 6.10 Å². The monoisotopic (exact) mass is 1210 g/mol. The summed E-state index contributed by atoms with van der Waals surface area (Å²) in [6.45, 7) is 4.11. The number of carbonyl (C=O) groups is 2. The standard InChI is InChI=1S/C76H128NO8P/c1-6-8-10-12-14-16-18-20-22-24-26-28-30-31-32-33-34-35-36-37-38-39-40-41-42-43-44-45-47-49-51-53-55-57-59-61-63-65-67-69-76(79)85-74(73-84-86(80,81)83-71-70-77(3,4)5)72-82-75(78)68-66-64-62-60-58-56-54-52-50-48-46-29-27-25-23-21-19-17-15-13-11-9-7-2/h8,10,14,16,19-22,25-28,31-32,34-35,37-38,40-41,43-44,47,49,74H,6-7,9,11-13,15,17-18,23-24,29-30,33,36,39,42,45-46,48,50-73H2,1-5H3/b10-8-,16-14-,21-19-,22-20-,27-25-,28-26-,32-31-,35-34-,38-37-,41-40-,44-43-,49-47-. The summed E-state index contributed by atoms with van der Waals surface area (Å²) in [5.41, 5.74) is 0. The predicted molar refractivity (Wildman–Crippen MR) is 369 cm³/mol. The molecule has 2 atom stereocenters. The molecular weight excluding hydrogens is 1090 g/mol. The van der Waals surface area contributed by atoms with Crippen LogP contribution in [-0.2, 0) is 32.7 Å². The van der Waals surface area contributed by atoms with E-state index in [9.17, 15) is 19.0 Å². The van der Waals surface area contributed by atoms with Crippen LogP contribution in [0, 0.1) is 0 Å². The van der Waals surface area contributed by atoms with Crippen molar-refractivity contribution in [3.8, 4) is 0 Å². The quantitative estimate of drug-likeness (QED) is 0.0195. The van der Waals surface area contributed by atoms with E-state index in [1.165, 1.54) is 122 Å². The van der Waals surface area contributed by atoms with Gasteiger partial charge in [0.2, 0.25) is 0 Å². The number of esters is 2. The summed E-state index contributed by atoms with van der Waals surface area (Å²) in [5, 5.41) is 0. The van der Waals surface area contributed by atoms with E-state index in [4.69, 9.17) is 18.5 Å². The number of likely N-dealkylation sites (N-methyl/N-ethyl adjacent to an activating group) is 1. The summed E-state index contributed by atoms with van der Waals surface area (Å²) in [7, 11) is 1.15. The first-order chi connectivity index (χ1) is 42.0. The zero-order valence-electron chi connectivity index (χ0n) is 55.7. The zero-order chi connectivity index (χ0) is 62.6. The second-order valence-corrected chi connectivity index (χ2v) is 25.2. The Morgan fingerprint density at radius 1 is 0.372 bits per heavy atom. The summed E-state index contributed by atoms with van der Waals surface area (Å²) in [4.78, 5) is 38.0. The van der Waals surface area contributed by atoms with Gasteiger partial charge in [-0.15, -0.1) is 0 Å². The summed E-state index contributed by atoms with van der Waals surface area (Å²) < 4.78 is 34.3. The van der Waals surface area contributed by atoms with Crippen LogP contribution in [-0.4, -0.2) is 70.0 Å². The van der Waals surface area contributed by atoms with Crippen LogP contribution < -0.4 is 4.89 Å². The fraction of sp³-hybridized carbons (Fsp3) is 0.658. The number of rotatable bonds is 62. The average Bonchev–Trinajstić information content (AvgIpc) is 3.56. The van der Waals surface area contributed by atoms with E-state index in [0.717, 1.165) is 116 Å². The Hall–Kier alpha value is -4.11. The smallest absolute Gasteiger partial charge is 0.306 e. The SMILES string of the molecule is CC/C=C\C/C=C\C/C=C\C/C=C\C/C=C\C/C=C\C/C=C\C/C=C\C/C=C\C/C=C\CCCCCCCCCCC(=O)OC(COC(=O)CCCCCCCCCCCCC/C=C\C/C=C\CCCCCCC)COP(=O)([O-])OCC[N+](C)(C)C. The molecule has 0 amide bonds. The third-order valence-electron chi connectivity index (χ3n) is 14.3. The van der Waals surface area contributed by atoms with E-state index in [1.54, 1.807) is 0 Å². The molecule has 0 aromatic carbocycles. The second-order valence-electron chi connectivity index (χ2n) is 23.8. The molecule has 10 heteroatoms. The normalized spacial score (nSPS) is 14.1. The Bertz CT molecular complexity index is 1960. The lowest BCUT2D eigenvalue weighted by molar-refractivity contribution is -0.870. The third-order valence-corrected chi connectivity index (χ3v) is 15.3. The van der Waals surface area contributed by atoms with Gasteiger partial charge in [-0.05, 0) is 122 Å². The fourth-order valence-corrected chi connectivity index (χ4v) is 9.80. The predicted octanol–water partition coefficient (Wildman–Crippen LogP) is 22.0. The fourth-order valence-electron chi connectivity index (χ4n) is 9.07. The Morgan fingerprint density at radius 2 is 0.663 bits per heavy atom. The Balaban J connectivity index is 4.13. The molecule has 0 aliphatic heterocycles. The highest BCUT2D eigenvalue weighted by molar-refractivity contribution is 7.45. The Labute approximate surface area is 529 Å². The van der Waals surface area contributed by atoms with Crippen LogP contribution >= 0.6 is 7.82 Å². The van der Waals surface area contributed by atoms with Crippen LogP contribution in [0.5, 0.6) is 0 Å². The van der Waals surface area contributed by atoms with Gasteiger partial charge >= 0.3 is 11.9 Å². The number of unbranched alkanes of at least 4 members (excludes halogenated alkanes) is 24. The van der Waals surface area contributed by atoms with Gasteiger partial charge in [0.25, 0.3) is 7.82 Å². The highest BCUT2D eigenvalue weighted by Crippen LogP contribution is 2.38. The molecule has 0 N–H and O–H groups in total. The summed E-state index contributed by atoms with van der Waals surface area (Å²) >= 11 is 0. The van der Waals surface area contributed by atoms with Gasteiger partial charge in [0.05, 0.1) is 27.7 Å². The number of carbonyl (C=O) groups excluding carboxylic acids is 2. The van der Waals surface area contributed by atoms with Crippen molar-refractivity contribution in [3.63, 3.8) is 0 Å². The molecule has 490 valence electrons. The molecule has 0 spiro atoms. The van der Waals surface area contributed by atoms with Gasteiger partial charge in [0.1, 0.15) is 19.8 Å². The van der Waals surface area contributed by atoms with Crippen molar-refractivity contribution in [2.24, 2.45) is 0 Å². The number of ether oxygens (including phenoxy) is 2. The van der Waals surface area contributed by atoms with Gasteiger partial charge in [-0.1, -0.05) is 282 Å². The van der Waals surface area contributed by atoms with E-state index in [2.05, 4.69) is 160 Å². The summed E-state index contributed by atoms with van der Waals surface area (Å²) in [6, 6.07) is 0. The minimum atomic E-state index is -4.65. The lowest BCUT2D eigenvalue weighted by Crippen LogP contribution is -2.37. The van der Waals surface area contributed by atoms with E-state index >= 15 is 0 Å². The number of hydrogen-bond donors (Lipinski definition) is 0. The van der Waals surface area contributed by atoms with Gasteiger partial charge in [-0.25, -0.2) is 0 Å². The maximum atomic E-state index is 12.9. The summed E-state index contributed by atoms with van der Waals surface area (Å²) in [5.74, 6) is -0.849. The average molecular weight is 1210 g/mol. The van der Waals surface area contributed by atoms with Crippen molar-refractivity contribution in [2.75, 3.05) is 47.5 Å². The Morgan fingerprint density at radius 3 is 0.988 bits per heavy atom. The molecule has 0 aromatic rings. The van der Waals surface area contributed by atoms with E-state index in [1.807, 2.05) is 21.1 Å². The highest BCUT2D eigenvalue weighted by atomic mass is 31.2. The van der Waals surface area contributed by atoms with Gasteiger partial charge in [-0.3, -0.25) is 14.2 Å². The van der Waals surface area contributed by atoms with Crippen molar-refractivity contribution in [2.45, 2.75) is 277 Å². The van der Waals surface area contributed by atoms with E-state index in [-0.39, 0.29) is 26.1 Å². The zero-order valence-corrected chi connectivity index (χ0v) is 56.6. The minimum absolute atomic E-state index is 0.0395. The molecule has 9 nitrogen and oxygen atoms in total. The van der Waals surface area contributed by atoms with Crippen LogP contribution in [0.3, 0.4) is 0 Å². The number of allylic oxidation sites excluding steroid dienone is 24. The first-order valence-corrected chi connectivity index (χ1v) is 36.0. The van der Waals surface area contributed by atoms with Crippen molar-refractivity contribution >= 4 is 19.8 Å². The lowest BCUT2D eigenvalue weighted by Gasteiger charge is -2.28. The first-order valence-electron chi connectivity index (χ1n) is 34.5. The maximum absolute atomic E-state index is 12.9.